The van der Waals surface area contributed by atoms with Crippen molar-refractivity contribution in [1.29, 1.82) is 0 Å². The highest BCUT2D eigenvalue weighted by Crippen LogP contribution is 2.25. The number of hydrogen-bond acceptors (Lipinski definition) is 4. The van der Waals surface area contributed by atoms with E-state index in [2.05, 4.69) is 10.1 Å². The minimum absolute atomic E-state index is 0.0882. The predicted octanol–water partition coefficient (Wildman–Crippen LogP) is 4.88. The number of para-hydroxylation sites is 1. The van der Waals surface area contributed by atoms with Gasteiger partial charge in [0.2, 0.25) is 0 Å². The largest absolute Gasteiger partial charge is 0.336 e. The van der Waals surface area contributed by atoms with E-state index in [1.54, 1.807) is 4.90 Å². The predicted molar refractivity (Wildman–Crippen MR) is 116 cm³/mol. The molecule has 0 aliphatic heterocycles. The van der Waals surface area contributed by atoms with Gasteiger partial charge >= 0.3 is 0 Å². The number of aromatic nitrogens is 3. The molecule has 0 aliphatic carbocycles. The van der Waals surface area contributed by atoms with Crippen LogP contribution in [0.5, 0.6) is 0 Å². The number of thiazole rings is 1. The SMILES string of the molecule is Cc1nn(-c2ccccc2)c(C)c1CN(C)C(=O)c1csc(-c2ccccc2)n1. The molecule has 0 fully saturated rings. The fourth-order valence-corrected chi connectivity index (χ4v) is 4.11. The van der Waals surface area contributed by atoms with Crippen LogP contribution < -0.4 is 0 Å². The molecule has 1 amide bonds. The van der Waals surface area contributed by atoms with E-state index in [1.807, 2.05) is 91.6 Å². The van der Waals surface area contributed by atoms with Crippen LogP contribution in [0, 0.1) is 13.8 Å². The first-order valence-electron chi connectivity index (χ1n) is 9.41. The van der Waals surface area contributed by atoms with Crippen molar-refractivity contribution in [1.82, 2.24) is 19.7 Å². The summed E-state index contributed by atoms with van der Waals surface area (Å²) in [4.78, 5) is 19.2. The lowest BCUT2D eigenvalue weighted by atomic mass is 10.2. The molecule has 29 heavy (non-hydrogen) atoms. The Morgan fingerprint density at radius 2 is 1.69 bits per heavy atom. The van der Waals surface area contributed by atoms with Gasteiger partial charge in [-0.1, -0.05) is 48.5 Å². The third kappa shape index (κ3) is 3.84. The monoisotopic (exact) mass is 402 g/mol. The Bertz CT molecular complexity index is 1130. The molecule has 4 rings (SSSR count). The van der Waals surface area contributed by atoms with Crippen molar-refractivity contribution in [3.8, 4) is 16.3 Å². The summed E-state index contributed by atoms with van der Waals surface area (Å²) in [5.41, 5.74) is 5.53. The topological polar surface area (TPSA) is 51.0 Å². The Morgan fingerprint density at radius 3 is 2.38 bits per heavy atom. The fraction of sp³-hybridized carbons (Fsp3) is 0.174. The first-order chi connectivity index (χ1) is 14.0. The van der Waals surface area contributed by atoms with E-state index in [1.165, 1.54) is 11.3 Å². The molecule has 0 atom stereocenters. The summed E-state index contributed by atoms with van der Waals surface area (Å²) in [5, 5.41) is 7.36. The van der Waals surface area contributed by atoms with E-state index < -0.39 is 0 Å². The number of hydrogen-bond donors (Lipinski definition) is 0. The Balaban J connectivity index is 1.54. The third-order valence-electron chi connectivity index (χ3n) is 4.93. The zero-order valence-electron chi connectivity index (χ0n) is 16.7. The highest BCUT2D eigenvalue weighted by atomic mass is 32.1. The highest BCUT2D eigenvalue weighted by molar-refractivity contribution is 7.13. The number of aryl methyl sites for hydroxylation is 1. The molecular formula is C23H22N4OS. The molecule has 4 aromatic rings. The van der Waals surface area contributed by atoms with Crippen molar-refractivity contribution in [2.45, 2.75) is 20.4 Å². The van der Waals surface area contributed by atoms with E-state index in [9.17, 15) is 4.79 Å². The van der Waals surface area contributed by atoms with Crippen LogP contribution >= 0.6 is 11.3 Å². The normalized spacial score (nSPS) is 10.9. The first kappa shape index (κ1) is 19.1. The molecule has 0 aliphatic rings. The van der Waals surface area contributed by atoms with Gasteiger partial charge in [0.1, 0.15) is 10.7 Å². The van der Waals surface area contributed by atoms with Crippen LogP contribution in [0.25, 0.3) is 16.3 Å². The van der Waals surface area contributed by atoms with Gasteiger partial charge in [0.15, 0.2) is 0 Å². The van der Waals surface area contributed by atoms with E-state index in [-0.39, 0.29) is 5.91 Å². The molecule has 2 heterocycles. The van der Waals surface area contributed by atoms with Crippen LogP contribution in [0.15, 0.2) is 66.0 Å². The number of rotatable bonds is 5. The van der Waals surface area contributed by atoms with Crippen molar-refractivity contribution in [2.75, 3.05) is 7.05 Å². The van der Waals surface area contributed by atoms with Gasteiger partial charge in [-0.2, -0.15) is 5.10 Å². The van der Waals surface area contributed by atoms with Crippen molar-refractivity contribution in [3.63, 3.8) is 0 Å². The summed E-state index contributed by atoms with van der Waals surface area (Å²) in [5.74, 6) is -0.0882. The van der Waals surface area contributed by atoms with Crippen LogP contribution in [0.2, 0.25) is 0 Å². The summed E-state index contributed by atoms with van der Waals surface area (Å²) < 4.78 is 1.93. The second-order valence-electron chi connectivity index (χ2n) is 6.96. The average molecular weight is 403 g/mol. The minimum Gasteiger partial charge on any atom is -0.336 e. The summed E-state index contributed by atoms with van der Waals surface area (Å²) in [6, 6.07) is 19.9. The molecule has 0 bridgehead atoms. The van der Waals surface area contributed by atoms with Gasteiger partial charge in [-0.05, 0) is 26.0 Å². The van der Waals surface area contributed by atoms with Gasteiger partial charge in [-0.3, -0.25) is 4.79 Å². The lowest BCUT2D eigenvalue weighted by Crippen LogP contribution is -2.27. The second-order valence-corrected chi connectivity index (χ2v) is 7.82. The van der Waals surface area contributed by atoms with Crippen molar-refractivity contribution in [2.24, 2.45) is 0 Å². The number of carbonyl (C=O) groups is 1. The standard InChI is InChI=1S/C23H22N4OS/c1-16-20(17(2)27(25-16)19-12-8-5-9-13-19)14-26(3)23(28)21-15-29-22(24-21)18-10-6-4-7-11-18/h4-13,15H,14H2,1-3H3. The maximum absolute atomic E-state index is 12.9. The van der Waals surface area contributed by atoms with E-state index in [0.717, 1.165) is 33.2 Å². The summed E-state index contributed by atoms with van der Waals surface area (Å²) in [7, 11) is 1.81. The Morgan fingerprint density at radius 1 is 1.03 bits per heavy atom. The molecule has 2 aromatic carbocycles. The Labute approximate surface area is 174 Å². The third-order valence-corrected chi connectivity index (χ3v) is 5.82. The smallest absolute Gasteiger partial charge is 0.273 e. The zero-order valence-corrected chi connectivity index (χ0v) is 17.5. The van der Waals surface area contributed by atoms with Crippen molar-refractivity contribution in [3.05, 3.63) is 88.7 Å². The molecule has 0 unspecified atom stereocenters. The van der Waals surface area contributed by atoms with Gasteiger partial charge in [-0.25, -0.2) is 9.67 Å². The van der Waals surface area contributed by atoms with Crippen molar-refractivity contribution >= 4 is 17.2 Å². The quantitative estimate of drug-likeness (QED) is 0.478. The minimum atomic E-state index is -0.0882. The van der Waals surface area contributed by atoms with Crippen LogP contribution in [0.1, 0.15) is 27.4 Å². The van der Waals surface area contributed by atoms with Gasteiger partial charge in [0, 0.05) is 35.8 Å². The lowest BCUT2D eigenvalue weighted by Gasteiger charge is -2.16. The Hall–Kier alpha value is -3.25. The molecule has 0 saturated heterocycles. The molecule has 0 saturated carbocycles. The van der Waals surface area contributed by atoms with Gasteiger partial charge in [0.05, 0.1) is 11.4 Å². The summed E-state index contributed by atoms with van der Waals surface area (Å²) in [6.07, 6.45) is 0. The molecule has 0 spiro atoms. The maximum atomic E-state index is 12.9. The lowest BCUT2D eigenvalue weighted by molar-refractivity contribution is 0.0780. The molecule has 5 nitrogen and oxygen atoms in total. The fourth-order valence-electron chi connectivity index (χ4n) is 3.31. The number of nitrogens with zero attached hydrogens (tertiary/aromatic N) is 4. The van der Waals surface area contributed by atoms with Gasteiger partial charge in [-0.15, -0.1) is 11.3 Å². The molecule has 0 N–H and O–H groups in total. The Kier molecular flexibility index (Phi) is 5.27. The molecule has 2 aromatic heterocycles. The van der Waals surface area contributed by atoms with E-state index in [0.29, 0.717) is 12.2 Å². The van der Waals surface area contributed by atoms with Crippen molar-refractivity contribution < 1.29 is 4.79 Å². The number of carbonyl (C=O) groups excluding carboxylic acids is 1. The summed E-state index contributed by atoms with van der Waals surface area (Å²) >= 11 is 1.49. The average Bonchev–Trinajstić information content (AvgIpc) is 3.35. The van der Waals surface area contributed by atoms with Gasteiger partial charge < -0.3 is 4.90 Å². The highest BCUT2D eigenvalue weighted by Gasteiger charge is 2.20. The maximum Gasteiger partial charge on any atom is 0.273 e. The molecule has 146 valence electrons. The van der Waals surface area contributed by atoms with Crippen LogP contribution in [-0.4, -0.2) is 32.6 Å². The molecular weight excluding hydrogens is 380 g/mol. The van der Waals surface area contributed by atoms with Crippen LogP contribution in [-0.2, 0) is 6.54 Å². The van der Waals surface area contributed by atoms with E-state index >= 15 is 0 Å². The zero-order chi connectivity index (χ0) is 20.4. The van der Waals surface area contributed by atoms with E-state index in [4.69, 9.17) is 0 Å². The first-order valence-corrected chi connectivity index (χ1v) is 10.3. The second kappa shape index (κ2) is 8.01. The number of benzene rings is 2. The molecule has 6 heteroatoms. The van der Waals surface area contributed by atoms with Gasteiger partial charge in [0.25, 0.3) is 5.91 Å². The summed E-state index contributed by atoms with van der Waals surface area (Å²) in [6.45, 7) is 4.51. The number of amides is 1. The van der Waals surface area contributed by atoms with Crippen LogP contribution in [0.4, 0.5) is 0 Å². The molecule has 0 radical (unpaired) electrons. The van der Waals surface area contributed by atoms with Crippen LogP contribution in [0.3, 0.4) is 0 Å².